The van der Waals surface area contributed by atoms with Crippen molar-refractivity contribution >= 4 is 0 Å². The minimum absolute atomic E-state index is 0.360. The van der Waals surface area contributed by atoms with E-state index < -0.39 is 0 Å². The van der Waals surface area contributed by atoms with Crippen molar-refractivity contribution in [2.75, 3.05) is 7.05 Å². The Labute approximate surface area is 133 Å². The molecule has 2 heterocycles. The third kappa shape index (κ3) is 4.60. The van der Waals surface area contributed by atoms with Crippen LogP contribution in [0.5, 0.6) is 0 Å². The van der Waals surface area contributed by atoms with Crippen LogP contribution in [0.1, 0.15) is 49.5 Å². The van der Waals surface area contributed by atoms with E-state index in [2.05, 4.69) is 60.7 Å². The van der Waals surface area contributed by atoms with Gasteiger partial charge in [0, 0.05) is 43.0 Å². The molecule has 0 aliphatic heterocycles. The standard InChI is InChI=1S/C18H26N4/c1-13(2)18-20-9-7-16(21-18)12-22(5)15(4)11-17-10-14(3)6-8-19-17/h6-10,13,15H,11-12H2,1-5H3. The first-order valence-corrected chi connectivity index (χ1v) is 7.89. The second kappa shape index (κ2) is 7.45. The molecular formula is C18H26N4. The Bertz CT molecular complexity index is 610. The average molecular weight is 298 g/mol. The summed E-state index contributed by atoms with van der Waals surface area (Å²) in [6.07, 6.45) is 4.69. The van der Waals surface area contributed by atoms with Gasteiger partial charge in [-0.05, 0) is 44.7 Å². The van der Waals surface area contributed by atoms with Gasteiger partial charge in [0.2, 0.25) is 0 Å². The first-order chi connectivity index (χ1) is 10.5. The van der Waals surface area contributed by atoms with Crippen LogP contribution in [0.4, 0.5) is 0 Å². The van der Waals surface area contributed by atoms with Crippen molar-refractivity contribution in [3.63, 3.8) is 0 Å². The Balaban J connectivity index is 1.99. The minimum Gasteiger partial charge on any atom is -0.297 e. The Morgan fingerprint density at radius 1 is 1.05 bits per heavy atom. The van der Waals surface area contributed by atoms with Crippen LogP contribution in [-0.4, -0.2) is 32.9 Å². The molecule has 1 unspecified atom stereocenters. The number of pyridine rings is 1. The molecule has 2 aromatic rings. The van der Waals surface area contributed by atoms with Crippen molar-refractivity contribution in [2.45, 2.75) is 52.6 Å². The zero-order valence-corrected chi connectivity index (χ0v) is 14.2. The normalized spacial score (nSPS) is 12.9. The zero-order chi connectivity index (χ0) is 16.1. The Kier molecular flexibility index (Phi) is 5.61. The van der Waals surface area contributed by atoms with Gasteiger partial charge in [-0.3, -0.25) is 9.88 Å². The number of rotatable bonds is 6. The summed E-state index contributed by atoms with van der Waals surface area (Å²) in [6, 6.07) is 6.60. The first-order valence-electron chi connectivity index (χ1n) is 7.89. The third-order valence-corrected chi connectivity index (χ3v) is 3.89. The molecule has 0 radical (unpaired) electrons. The van der Waals surface area contributed by atoms with Crippen LogP contribution in [0.15, 0.2) is 30.6 Å². The zero-order valence-electron chi connectivity index (χ0n) is 14.2. The molecule has 0 aromatic carbocycles. The molecule has 0 fully saturated rings. The Morgan fingerprint density at radius 3 is 2.45 bits per heavy atom. The van der Waals surface area contributed by atoms with Crippen LogP contribution in [0.25, 0.3) is 0 Å². The van der Waals surface area contributed by atoms with E-state index in [9.17, 15) is 0 Å². The van der Waals surface area contributed by atoms with E-state index in [4.69, 9.17) is 0 Å². The average Bonchev–Trinajstić information content (AvgIpc) is 2.47. The van der Waals surface area contributed by atoms with E-state index in [1.165, 1.54) is 5.56 Å². The van der Waals surface area contributed by atoms with E-state index in [1.807, 2.05) is 24.5 Å². The molecule has 2 aromatic heterocycles. The van der Waals surface area contributed by atoms with E-state index in [0.29, 0.717) is 12.0 Å². The molecule has 0 saturated heterocycles. The summed E-state index contributed by atoms with van der Waals surface area (Å²) in [5.41, 5.74) is 3.48. The molecule has 0 bridgehead atoms. The number of hydrogen-bond acceptors (Lipinski definition) is 4. The first kappa shape index (κ1) is 16.6. The lowest BCUT2D eigenvalue weighted by Gasteiger charge is -2.24. The SMILES string of the molecule is Cc1ccnc(CC(C)N(C)Cc2ccnc(C(C)C)n2)c1. The monoisotopic (exact) mass is 298 g/mol. The molecular weight excluding hydrogens is 272 g/mol. The summed E-state index contributed by atoms with van der Waals surface area (Å²) < 4.78 is 0. The molecule has 22 heavy (non-hydrogen) atoms. The molecule has 1 atom stereocenters. The van der Waals surface area contributed by atoms with E-state index >= 15 is 0 Å². The predicted molar refractivity (Wildman–Crippen MR) is 89.7 cm³/mol. The van der Waals surface area contributed by atoms with Gasteiger partial charge >= 0.3 is 0 Å². The second-order valence-electron chi connectivity index (χ2n) is 6.35. The number of likely N-dealkylation sites (N-methyl/N-ethyl adjacent to an activating group) is 1. The van der Waals surface area contributed by atoms with Gasteiger partial charge in [0.25, 0.3) is 0 Å². The lowest BCUT2D eigenvalue weighted by molar-refractivity contribution is 0.243. The number of aromatic nitrogens is 3. The number of hydrogen-bond donors (Lipinski definition) is 0. The fourth-order valence-electron chi connectivity index (χ4n) is 2.36. The molecule has 0 aliphatic rings. The highest BCUT2D eigenvalue weighted by atomic mass is 15.1. The van der Waals surface area contributed by atoms with Crippen molar-refractivity contribution in [1.82, 2.24) is 19.9 Å². The highest BCUT2D eigenvalue weighted by molar-refractivity contribution is 5.15. The van der Waals surface area contributed by atoms with Crippen LogP contribution < -0.4 is 0 Å². The lowest BCUT2D eigenvalue weighted by Crippen LogP contribution is -2.31. The van der Waals surface area contributed by atoms with Crippen molar-refractivity contribution in [2.24, 2.45) is 0 Å². The summed E-state index contributed by atoms with van der Waals surface area (Å²) in [5.74, 6) is 1.28. The van der Waals surface area contributed by atoms with E-state index in [1.54, 1.807) is 0 Å². The Hall–Kier alpha value is -1.81. The van der Waals surface area contributed by atoms with Crippen LogP contribution >= 0.6 is 0 Å². The fourth-order valence-corrected chi connectivity index (χ4v) is 2.36. The van der Waals surface area contributed by atoms with Crippen LogP contribution in [0.3, 0.4) is 0 Å². The van der Waals surface area contributed by atoms with Gasteiger partial charge in [0.1, 0.15) is 5.82 Å². The predicted octanol–water partition coefficient (Wildman–Crippen LogP) is 3.37. The molecule has 0 N–H and O–H groups in total. The highest BCUT2D eigenvalue weighted by Gasteiger charge is 2.13. The Morgan fingerprint density at radius 2 is 1.77 bits per heavy atom. The maximum Gasteiger partial charge on any atom is 0.131 e. The largest absolute Gasteiger partial charge is 0.297 e. The van der Waals surface area contributed by atoms with Crippen molar-refractivity contribution in [1.29, 1.82) is 0 Å². The summed E-state index contributed by atoms with van der Waals surface area (Å²) in [6.45, 7) is 9.40. The molecule has 0 saturated carbocycles. The number of aryl methyl sites for hydroxylation is 1. The van der Waals surface area contributed by atoms with Crippen LogP contribution in [0.2, 0.25) is 0 Å². The lowest BCUT2D eigenvalue weighted by atomic mass is 10.1. The second-order valence-corrected chi connectivity index (χ2v) is 6.35. The van der Waals surface area contributed by atoms with Crippen LogP contribution in [0, 0.1) is 6.92 Å². The smallest absolute Gasteiger partial charge is 0.131 e. The van der Waals surface area contributed by atoms with Gasteiger partial charge in [-0.25, -0.2) is 9.97 Å². The van der Waals surface area contributed by atoms with Crippen molar-refractivity contribution in [3.8, 4) is 0 Å². The van der Waals surface area contributed by atoms with E-state index in [-0.39, 0.29) is 0 Å². The molecule has 0 spiro atoms. The molecule has 118 valence electrons. The van der Waals surface area contributed by atoms with Gasteiger partial charge in [-0.1, -0.05) is 13.8 Å². The highest BCUT2D eigenvalue weighted by Crippen LogP contribution is 2.12. The van der Waals surface area contributed by atoms with Crippen LogP contribution in [-0.2, 0) is 13.0 Å². The van der Waals surface area contributed by atoms with Gasteiger partial charge in [0.05, 0.1) is 5.69 Å². The maximum atomic E-state index is 4.65. The van der Waals surface area contributed by atoms with Crippen molar-refractivity contribution < 1.29 is 0 Å². The van der Waals surface area contributed by atoms with E-state index in [0.717, 1.165) is 30.2 Å². The topological polar surface area (TPSA) is 41.9 Å². The van der Waals surface area contributed by atoms with Gasteiger partial charge < -0.3 is 0 Å². The van der Waals surface area contributed by atoms with Crippen molar-refractivity contribution in [3.05, 3.63) is 53.4 Å². The molecule has 0 amide bonds. The minimum atomic E-state index is 0.360. The number of nitrogens with zero attached hydrogens (tertiary/aromatic N) is 4. The summed E-state index contributed by atoms with van der Waals surface area (Å²) in [7, 11) is 2.14. The summed E-state index contributed by atoms with van der Waals surface area (Å²) in [4.78, 5) is 15.7. The molecule has 4 heteroatoms. The molecule has 4 nitrogen and oxygen atoms in total. The third-order valence-electron chi connectivity index (χ3n) is 3.89. The molecule has 0 aliphatic carbocycles. The van der Waals surface area contributed by atoms with Gasteiger partial charge in [-0.15, -0.1) is 0 Å². The summed E-state index contributed by atoms with van der Waals surface area (Å²) >= 11 is 0. The summed E-state index contributed by atoms with van der Waals surface area (Å²) in [5, 5.41) is 0. The maximum absolute atomic E-state index is 4.65. The van der Waals surface area contributed by atoms with Gasteiger partial charge in [0.15, 0.2) is 0 Å². The fraction of sp³-hybridized carbons (Fsp3) is 0.500. The van der Waals surface area contributed by atoms with Gasteiger partial charge in [-0.2, -0.15) is 0 Å². The molecule has 2 rings (SSSR count). The quantitative estimate of drug-likeness (QED) is 0.820.